The topological polar surface area (TPSA) is 138 Å². The number of anilines is 4. The SMILES string of the molecule is CN(C)CCN(C)C(=O)c1ccc(NC(=O)Nc2ccc(-c3nc(N4CCOCC4)nc(N4C5COCC4COC5)n3)cc2)cc1. The molecular formula is C32H41N9O5. The van der Waals surface area contributed by atoms with Crippen molar-refractivity contribution in [3.63, 3.8) is 0 Å². The number of nitrogens with one attached hydrogen (secondary N) is 2. The van der Waals surface area contributed by atoms with E-state index < -0.39 is 6.03 Å². The third kappa shape index (κ3) is 7.53. The van der Waals surface area contributed by atoms with E-state index in [0.29, 0.717) is 93.9 Å². The van der Waals surface area contributed by atoms with E-state index in [0.717, 1.165) is 12.1 Å². The average molecular weight is 632 g/mol. The molecule has 2 N–H and O–H groups in total. The van der Waals surface area contributed by atoms with Crippen LogP contribution < -0.4 is 20.4 Å². The Labute approximate surface area is 268 Å². The molecule has 1 aromatic heterocycles. The molecule has 0 spiro atoms. The van der Waals surface area contributed by atoms with Gasteiger partial charge in [0.05, 0.1) is 51.7 Å². The molecule has 46 heavy (non-hydrogen) atoms. The van der Waals surface area contributed by atoms with Gasteiger partial charge in [-0.2, -0.15) is 15.0 Å². The zero-order chi connectivity index (χ0) is 32.0. The van der Waals surface area contributed by atoms with Crippen molar-refractivity contribution in [3.8, 4) is 11.4 Å². The summed E-state index contributed by atoms with van der Waals surface area (Å²) in [6.45, 7) is 6.28. The lowest BCUT2D eigenvalue weighted by atomic mass is 10.1. The minimum Gasteiger partial charge on any atom is -0.378 e. The van der Waals surface area contributed by atoms with Crippen molar-refractivity contribution in [1.29, 1.82) is 0 Å². The minimum absolute atomic E-state index is 0.0384. The first kappa shape index (κ1) is 31.6. The summed E-state index contributed by atoms with van der Waals surface area (Å²) in [5.74, 6) is 1.71. The van der Waals surface area contributed by atoms with Gasteiger partial charge in [0, 0.05) is 55.7 Å². The van der Waals surface area contributed by atoms with Gasteiger partial charge in [-0.3, -0.25) is 4.79 Å². The number of rotatable bonds is 9. The third-order valence-corrected chi connectivity index (χ3v) is 8.18. The molecule has 0 unspecified atom stereocenters. The fraction of sp³-hybridized carbons (Fsp3) is 0.469. The summed E-state index contributed by atoms with van der Waals surface area (Å²) in [6.07, 6.45) is 0. The molecule has 3 amide bonds. The van der Waals surface area contributed by atoms with Crippen LogP contribution >= 0.6 is 0 Å². The zero-order valence-corrected chi connectivity index (χ0v) is 26.5. The van der Waals surface area contributed by atoms with Crippen LogP contribution in [0.15, 0.2) is 48.5 Å². The number of carbonyl (C=O) groups excluding carboxylic acids is 2. The average Bonchev–Trinajstić information content (AvgIpc) is 3.07. The van der Waals surface area contributed by atoms with Crippen molar-refractivity contribution in [1.82, 2.24) is 24.8 Å². The van der Waals surface area contributed by atoms with Gasteiger partial charge in [-0.1, -0.05) is 0 Å². The van der Waals surface area contributed by atoms with E-state index in [1.165, 1.54) is 0 Å². The van der Waals surface area contributed by atoms with Gasteiger partial charge in [0.2, 0.25) is 11.9 Å². The van der Waals surface area contributed by atoms with Crippen LogP contribution in [0.3, 0.4) is 0 Å². The largest absolute Gasteiger partial charge is 0.378 e. The number of amides is 3. The first-order valence-corrected chi connectivity index (χ1v) is 15.6. The molecule has 3 fully saturated rings. The molecule has 3 aliphatic rings. The second kappa shape index (κ2) is 14.4. The van der Waals surface area contributed by atoms with Crippen LogP contribution in [0.4, 0.5) is 28.1 Å². The van der Waals surface area contributed by atoms with Gasteiger partial charge in [0.25, 0.3) is 5.91 Å². The van der Waals surface area contributed by atoms with Gasteiger partial charge >= 0.3 is 6.03 Å². The number of benzene rings is 2. The number of hydrogen-bond acceptors (Lipinski definition) is 11. The molecule has 3 aromatic rings. The van der Waals surface area contributed by atoms with Gasteiger partial charge < -0.3 is 44.4 Å². The summed E-state index contributed by atoms with van der Waals surface area (Å²) >= 11 is 0. The Morgan fingerprint density at radius 3 is 1.91 bits per heavy atom. The van der Waals surface area contributed by atoms with E-state index in [-0.39, 0.29) is 18.0 Å². The summed E-state index contributed by atoms with van der Waals surface area (Å²) in [5.41, 5.74) is 2.55. The van der Waals surface area contributed by atoms with Crippen molar-refractivity contribution in [2.75, 3.05) is 107 Å². The highest BCUT2D eigenvalue weighted by Gasteiger charge is 2.38. The minimum atomic E-state index is -0.395. The summed E-state index contributed by atoms with van der Waals surface area (Å²) in [5, 5.41) is 5.69. The Balaban J connectivity index is 1.13. The lowest BCUT2D eigenvalue weighted by Crippen LogP contribution is -2.60. The normalized spacial score (nSPS) is 19.6. The van der Waals surface area contributed by atoms with E-state index in [1.807, 2.05) is 43.3 Å². The lowest BCUT2D eigenvalue weighted by molar-refractivity contribution is -0.0355. The summed E-state index contributed by atoms with van der Waals surface area (Å²) in [6, 6.07) is 13.9. The highest BCUT2D eigenvalue weighted by molar-refractivity contribution is 6.00. The molecule has 244 valence electrons. The van der Waals surface area contributed by atoms with Crippen molar-refractivity contribution in [2.45, 2.75) is 12.1 Å². The van der Waals surface area contributed by atoms with Crippen molar-refractivity contribution >= 4 is 35.2 Å². The van der Waals surface area contributed by atoms with Gasteiger partial charge in [-0.15, -0.1) is 0 Å². The van der Waals surface area contributed by atoms with Crippen LogP contribution in [-0.2, 0) is 14.2 Å². The molecule has 0 aliphatic carbocycles. The number of ether oxygens (including phenoxy) is 3. The van der Waals surface area contributed by atoms with Crippen molar-refractivity contribution in [2.24, 2.45) is 0 Å². The molecule has 3 saturated heterocycles. The number of likely N-dealkylation sites (N-methyl/N-ethyl adjacent to an activating group) is 2. The number of urea groups is 1. The quantitative estimate of drug-likeness (QED) is 0.360. The molecule has 2 bridgehead atoms. The fourth-order valence-corrected chi connectivity index (χ4v) is 5.59. The van der Waals surface area contributed by atoms with Gasteiger partial charge in [-0.05, 0) is 62.6 Å². The van der Waals surface area contributed by atoms with Crippen molar-refractivity contribution in [3.05, 3.63) is 54.1 Å². The monoisotopic (exact) mass is 631 g/mol. The lowest BCUT2D eigenvalue weighted by Gasteiger charge is -2.45. The maximum absolute atomic E-state index is 12.8. The van der Waals surface area contributed by atoms with E-state index in [9.17, 15) is 9.59 Å². The summed E-state index contributed by atoms with van der Waals surface area (Å²) in [4.78, 5) is 48.1. The first-order valence-electron chi connectivity index (χ1n) is 15.6. The fourth-order valence-electron chi connectivity index (χ4n) is 5.59. The van der Waals surface area contributed by atoms with Gasteiger partial charge in [-0.25, -0.2) is 4.79 Å². The Morgan fingerprint density at radius 2 is 1.33 bits per heavy atom. The number of carbonyl (C=O) groups is 2. The number of morpholine rings is 3. The van der Waals surface area contributed by atoms with Crippen LogP contribution in [-0.4, -0.2) is 136 Å². The molecule has 0 saturated carbocycles. The summed E-state index contributed by atoms with van der Waals surface area (Å²) in [7, 11) is 5.72. The Hall–Kier alpha value is -4.37. The maximum Gasteiger partial charge on any atom is 0.323 e. The molecule has 0 radical (unpaired) electrons. The number of aromatic nitrogens is 3. The zero-order valence-electron chi connectivity index (χ0n) is 26.5. The third-order valence-electron chi connectivity index (χ3n) is 8.18. The predicted octanol–water partition coefficient (Wildman–Crippen LogP) is 2.26. The molecule has 4 heterocycles. The van der Waals surface area contributed by atoms with Crippen LogP contribution in [0.2, 0.25) is 0 Å². The predicted molar refractivity (Wildman–Crippen MR) is 175 cm³/mol. The molecule has 6 rings (SSSR count). The van der Waals surface area contributed by atoms with Gasteiger partial charge in [0.15, 0.2) is 5.82 Å². The van der Waals surface area contributed by atoms with Crippen LogP contribution in [0.5, 0.6) is 0 Å². The highest BCUT2D eigenvalue weighted by atomic mass is 16.5. The van der Waals surface area contributed by atoms with E-state index >= 15 is 0 Å². The molecule has 0 atom stereocenters. The highest BCUT2D eigenvalue weighted by Crippen LogP contribution is 2.29. The van der Waals surface area contributed by atoms with Crippen molar-refractivity contribution < 1.29 is 23.8 Å². The number of hydrogen-bond donors (Lipinski definition) is 2. The molecule has 14 heteroatoms. The molecule has 2 aromatic carbocycles. The Kier molecular flexibility index (Phi) is 9.88. The first-order chi connectivity index (χ1) is 22.3. The van der Waals surface area contributed by atoms with Gasteiger partial charge in [0.1, 0.15) is 0 Å². The number of nitrogens with zero attached hydrogens (tertiary/aromatic N) is 7. The van der Waals surface area contributed by atoms with E-state index in [2.05, 4.69) is 20.4 Å². The Bertz CT molecular complexity index is 1480. The second-order valence-corrected chi connectivity index (χ2v) is 11.9. The van der Waals surface area contributed by atoms with Crippen LogP contribution in [0.25, 0.3) is 11.4 Å². The molecule has 14 nitrogen and oxygen atoms in total. The van der Waals surface area contributed by atoms with E-state index in [1.54, 1.807) is 36.2 Å². The van der Waals surface area contributed by atoms with E-state index in [4.69, 9.17) is 29.2 Å². The second-order valence-electron chi connectivity index (χ2n) is 11.9. The number of fused-ring (bicyclic) bond motifs is 2. The van der Waals surface area contributed by atoms with Crippen LogP contribution in [0, 0.1) is 0 Å². The molecule has 3 aliphatic heterocycles. The maximum atomic E-state index is 12.8. The Morgan fingerprint density at radius 1 is 0.761 bits per heavy atom. The van der Waals surface area contributed by atoms with Crippen LogP contribution in [0.1, 0.15) is 10.4 Å². The smallest absolute Gasteiger partial charge is 0.323 e. The standard InChI is InChI=1S/C32H41N9O5/c1-38(2)12-13-39(3)29(42)23-6-10-25(11-7-23)34-32(43)33-24-8-4-22(5-9-24)28-35-30(40-14-16-44-17-15-40)37-31(36-28)41-26-18-45-20-27(41)21-46-19-26/h4-11,26-27H,12-21H2,1-3H3,(H2,33,34,43). The molecular weight excluding hydrogens is 590 g/mol. The summed E-state index contributed by atoms with van der Waals surface area (Å²) < 4.78 is 17.1.